The maximum absolute atomic E-state index is 12.3. The van der Waals surface area contributed by atoms with E-state index in [1.54, 1.807) is 12.1 Å². The summed E-state index contributed by atoms with van der Waals surface area (Å²) in [6.45, 7) is 4.44. The van der Waals surface area contributed by atoms with Crippen LogP contribution in [-0.4, -0.2) is 9.99 Å². The fourth-order valence-corrected chi connectivity index (χ4v) is 3.39. The minimum Gasteiger partial charge on any atom is -0.333 e. The summed E-state index contributed by atoms with van der Waals surface area (Å²) in [5.41, 5.74) is 3.08. The molecule has 3 rings (SSSR count). The lowest BCUT2D eigenvalue weighted by Crippen LogP contribution is -2.33. The first-order chi connectivity index (χ1) is 10.6. The van der Waals surface area contributed by atoms with Crippen molar-refractivity contribution in [1.29, 1.82) is 0 Å². The van der Waals surface area contributed by atoms with Gasteiger partial charge in [0.1, 0.15) is 0 Å². The first-order valence-corrected chi connectivity index (χ1v) is 7.79. The number of aryl methyl sites for hydroxylation is 2. The van der Waals surface area contributed by atoms with E-state index in [9.17, 15) is 9.59 Å². The van der Waals surface area contributed by atoms with Gasteiger partial charge in [0, 0.05) is 6.54 Å². The predicted octanol–water partition coefficient (Wildman–Crippen LogP) is 3.44. The highest BCUT2D eigenvalue weighted by Gasteiger charge is 2.13. The number of benzene rings is 2. The van der Waals surface area contributed by atoms with Gasteiger partial charge in [-0.2, -0.15) is 3.96 Å². The standard InChI is InChI=1S/C17H16N2O2S/c1-11-6-5-7-12(2)14(11)10-18-17(21)19-16(20)13-8-3-4-9-15(13)22-19/h3-9H,10H2,1-2H3,(H,18,21). The Morgan fingerprint density at radius 1 is 1.09 bits per heavy atom. The lowest BCUT2D eigenvalue weighted by Gasteiger charge is -2.10. The summed E-state index contributed by atoms with van der Waals surface area (Å²) < 4.78 is 1.99. The molecule has 0 unspecified atom stereocenters. The molecule has 112 valence electrons. The molecular weight excluding hydrogens is 296 g/mol. The van der Waals surface area contributed by atoms with Gasteiger partial charge in [0.05, 0.1) is 10.1 Å². The van der Waals surface area contributed by atoms with Gasteiger partial charge in [-0.05, 0) is 54.2 Å². The average molecular weight is 312 g/mol. The topological polar surface area (TPSA) is 51.1 Å². The summed E-state index contributed by atoms with van der Waals surface area (Å²) >= 11 is 1.17. The van der Waals surface area contributed by atoms with Gasteiger partial charge in [-0.25, -0.2) is 4.79 Å². The van der Waals surface area contributed by atoms with Gasteiger partial charge in [-0.3, -0.25) is 4.79 Å². The molecule has 0 fully saturated rings. The molecule has 3 aromatic rings. The Morgan fingerprint density at radius 3 is 2.45 bits per heavy atom. The molecule has 0 aliphatic carbocycles. The minimum absolute atomic E-state index is 0.264. The molecule has 5 heteroatoms. The van der Waals surface area contributed by atoms with Gasteiger partial charge >= 0.3 is 6.03 Å². The van der Waals surface area contributed by atoms with Crippen molar-refractivity contribution in [2.24, 2.45) is 0 Å². The van der Waals surface area contributed by atoms with E-state index in [2.05, 4.69) is 5.32 Å². The maximum Gasteiger partial charge on any atom is 0.338 e. The predicted molar refractivity (Wildman–Crippen MR) is 89.6 cm³/mol. The van der Waals surface area contributed by atoms with Crippen LogP contribution in [0.5, 0.6) is 0 Å². The van der Waals surface area contributed by atoms with E-state index >= 15 is 0 Å². The van der Waals surface area contributed by atoms with E-state index < -0.39 is 0 Å². The third kappa shape index (κ3) is 2.55. The Hall–Kier alpha value is -2.40. The SMILES string of the molecule is Cc1cccc(C)c1CNC(=O)n1sc2ccccc2c1=O. The highest BCUT2D eigenvalue weighted by molar-refractivity contribution is 7.14. The van der Waals surface area contributed by atoms with Gasteiger partial charge < -0.3 is 5.32 Å². The molecule has 0 saturated heterocycles. The van der Waals surface area contributed by atoms with Crippen LogP contribution < -0.4 is 10.9 Å². The Balaban J connectivity index is 1.85. The summed E-state index contributed by atoms with van der Waals surface area (Å²) in [6.07, 6.45) is 0. The van der Waals surface area contributed by atoms with Gasteiger partial charge in [-0.15, -0.1) is 0 Å². The molecule has 0 aliphatic heterocycles. The maximum atomic E-state index is 12.3. The van der Waals surface area contributed by atoms with Crippen LogP contribution in [0, 0.1) is 13.8 Å². The lowest BCUT2D eigenvalue weighted by atomic mass is 10.0. The Morgan fingerprint density at radius 2 is 1.77 bits per heavy atom. The molecule has 0 radical (unpaired) electrons. The van der Waals surface area contributed by atoms with E-state index in [-0.39, 0.29) is 11.6 Å². The summed E-state index contributed by atoms with van der Waals surface area (Å²) in [6, 6.07) is 12.9. The number of hydrogen-bond acceptors (Lipinski definition) is 3. The zero-order chi connectivity index (χ0) is 15.7. The number of rotatable bonds is 2. The van der Waals surface area contributed by atoms with E-state index in [1.807, 2.05) is 44.2 Å². The Bertz CT molecular complexity index is 888. The third-order valence-electron chi connectivity index (χ3n) is 3.74. The van der Waals surface area contributed by atoms with Crippen molar-refractivity contribution in [3.8, 4) is 0 Å². The summed E-state index contributed by atoms with van der Waals surface area (Å²) in [7, 11) is 0. The van der Waals surface area contributed by atoms with Crippen molar-refractivity contribution in [2.75, 3.05) is 0 Å². The van der Waals surface area contributed by atoms with Crippen LogP contribution in [0.15, 0.2) is 47.3 Å². The van der Waals surface area contributed by atoms with Crippen LogP contribution in [0.3, 0.4) is 0 Å². The number of carbonyl (C=O) groups excluding carboxylic acids is 1. The van der Waals surface area contributed by atoms with Crippen LogP contribution in [0.25, 0.3) is 10.1 Å². The average Bonchev–Trinajstić information content (AvgIpc) is 2.84. The molecule has 0 bridgehead atoms. The highest BCUT2D eigenvalue weighted by Crippen LogP contribution is 2.16. The first kappa shape index (κ1) is 14.5. The second-order valence-electron chi connectivity index (χ2n) is 5.22. The van der Waals surface area contributed by atoms with Crippen LogP contribution in [0.1, 0.15) is 16.7 Å². The highest BCUT2D eigenvalue weighted by atomic mass is 32.1. The van der Waals surface area contributed by atoms with Crippen LogP contribution in [0.2, 0.25) is 0 Å². The molecule has 2 aromatic carbocycles. The number of nitrogens with zero attached hydrogens (tertiary/aromatic N) is 1. The Labute approximate surface area is 132 Å². The van der Waals surface area contributed by atoms with Crippen molar-refractivity contribution in [1.82, 2.24) is 9.27 Å². The first-order valence-electron chi connectivity index (χ1n) is 7.02. The fourth-order valence-electron chi connectivity index (χ4n) is 2.47. The zero-order valence-corrected chi connectivity index (χ0v) is 13.2. The molecule has 22 heavy (non-hydrogen) atoms. The molecule has 0 aliphatic rings. The summed E-state index contributed by atoms with van der Waals surface area (Å²) in [4.78, 5) is 24.5. The van der Waals surface area contributed by atoms with Crippen molar-refractivity contribution in [2.45, 2.75) is 20.4 Å². The summed E-state index contributed by atoms with van der Waals surface area (Å²) in [5, 5.41) is 3.41. The second kappa shape index (κ2) is 5.77. The fraction of sp³-hybridized carbons (Fsp3) is 0.176. The smallest absolute Gasteiger partial charge is 0.333 e. The number of nitrogens with one attached hydrogen (secondary N) is 1. The molecule has 0 atom stereocenters. The van der Waals surface area contributed by atoms with Crippen molar-refractivity contribution in [3.05, 3.63) is 69.5 Å². The number of aromatic nitrogens is 1. The van der Waals surface area contributed by atoms with E-state index in [1.165, 1.54) is 15.5 Å². The molecule has 1 N–H and O–H groups in total. The monoisotopic (exact) mass is 312 g/mol. The molecule has 0 saturated carbocycles. The molecule has 1 aromatic heterocycles. The van der Waals surface area contributed by atoms with E-state index in [0.717, 1.165) is 21.4 Å². The molecule has 1 amide bonds. The molecular formula is C17H16N2O2S. The van der Waals surface area contributed by atoms with Crippen LogP contribution >= 0.6 is 11.5 Å². The molecule has 1 heterocycles. The van der Waals surface area contributed by atoms with Gasteiger partial charge in [0.2, 0.25) is 0 Å². The van der Waals surface area contributed by atoms with Gasteiger partial charge in [0.15, 0.2) is 0 Å². The van der Waals surface area contributed by atoms with Crippen molar-refractivity contribution < 1.29 is 4.79 Å². The quantitative estimate of drug-likeness (QED) is 0.788. The van der Waals surface area contributed by atoms with Gasteiger partial charge in [-0.1, -0.05) is 30.3 Å². The number of amides is 1. The van der Waals surface area contributed by atoms with Crippen LogP contribution in [0.4, 0.5) is 4.79 Å². The third-order valence-corrected chi connectivity index (χ3v) is 4.80. The van der Waals surface area contributed by atoms with Crippen LogP contribution in [-0.2, 0) is 6.54 Å². The van der Waals surface area contributed by atoms with Crippen molar-refractivity contribution in [3.63, 3.8) is 0 Å². The normalized spacial score (nSPS) is 10.8. The van der Waals surface area contributed by atoms with E-state index in [4.69, 9.17) is 0 Å². The number of fused-ring (bicyclic) bond motifs is 1. The van der Waals surface area contributed by atoms with E-state index in [0.29, 0.717) is 11.9 Å². The van der Waals surface area contributed by atoms with Gasteiger partial charge in [0.25, 0.3) is 5.56 Å². The zero-order valence-electron chi connectivity index (χ0n) is 12.4. The Kier molecular flexibility index (Phi) is 3.81. The molecule has 0 spiro atoms. The summed E-state index contributed by atoms with van der Waals surface area (Å²) in [5.74, 6) is 0. The molecule has 4 nitrogen and oxygen atoms in total. The number of hydrogen-bond donors (Lipinski definition) is 1. The lowest BCUT2D eigenvalue weighted by molar-refractivity contribution is 0.243. The minimum atomic E-state index is -0.381. The van der Waals surface area contributed by atoms with Crippen molar-refractivity contribution >= 4 is 27.6 Å². The second-order valence-corrected chi connectivity index (χ2v) is 6.20. The number of carbonyl (C=O) groups is 1. The largest absolute Gasteiger partial charge is 0.338 e.